The van der Waals surface area contributed by atoms with Gasteiger partial charge in [0.05, 0.1) is 13.2 Å². The lowest BCUT2D eigenvalue weighted by Gasteiger charge is -2.40. The van der Waals surface area contributed by atoms with Gasteiger partial charge in [-0.2, -0.15) is 0 Å². The lowest BCUT2D eigenvalue weighted by Crippen LogP contribution is -2.50. The first-order valence-electron chi connectivity index (χ1n) is 13.0. The van der Waals surface area contributed by atoms with Crippen molar-refractivity contribution in [3.05, 3.63) is 138 Å². The molecule has 4 nitrogen and oxygen atoms in total. The van der Waals surface area contributed by atoms with Gasteiger partial charge in [-0.05, 0) is 34.4 Å². The normalized spacial score (nSPS) is 14.9. The van der Waals surface area contributed by atoms with Crippen LogP contribution in [0.15, 0.2) is 115 Å². The Labute approximate surface area is 220 Å². The summed E-state index contributed by atoms with van der Waals surface area (Å²) in [6, 6.07) is 39.9. The molecule has 5 rings (SSSR count). The predicted molar refractivity (Wildman–Crippen MR) is 149 cm³/mol. The molecule has 0 aliphatic carbocycles. The van der Waals surface area contributed by atoms with Gasteiger partial charge >= 0.3 is 0 Å². The standard InChI is InChI=1S/C33H34N2O2/c1-37-30-19-17-29(18-20-30)33(28-15-9-4-10-16-28)35-23-21-34(22-24-35)32(36)25-31(26-11-5-2-6-12-26)27-13-7-3-8-14-27/h2-20,31,33H,21-25H2,1H3. The molecule has 0 spiro atoms. The molecule has 0 bridgehead atoms. The van der Waals surface area contributed by atoms with Gasteiger partial charge in [0.25, 0.3) is 0 Å². The molecule has 1 saturated heterocycles. The van der Waals surface area contributed by atoms with Crippen LogP contribution in [-0.4, -0.2) is 49.0 Å². The maximum absolute atomic E-state index is 13.5. The number of hydrogen-bond donors (Lipinski definition) is 0. The first-order valence-corrected chi connectivity index (χ1v) is 13.0. The van der Waals surface area contributed by atoms with Crippen LogP contribution < -0.4 is 4.74 Å². The minimum atomic E-state index is 0.0595. The van der Waals surface area contributed by atoms with Crippen molar-refractivity contribution in [2.24, 2.45) is 0 Å². The average Bonchev–Trinajstić information content (AvgIpc) is 2.98. The Morgan fingerprint density at radius 1 is 0.649 bits per heavy atom. The van der Waals surface area contributed by atoms with Crippen LogP contribution in [0.5, 0.6) is 5.75 Å². The van der Waals surface area contributed by atoms with E-state index < -0.39 is 0 Å². The summed E-state index contributed by atoms with van der Waals surface area (Å²) in [6.45, 7) is 3.13. The Kier molecular flexibility index (Phi) is 7.97. The number of rotatable bonds is 8. The van der Waals surface area contributed by atoms with Crippen molar-refractivity contribution in [1.29, 1.82) is 0 Å². The molecule has 37 heavy (non-hydrogen) atoms. The van der Waals surface area contributed by atoms with Crippen LogP contribution in [0.1, 0.15) is 40.6 Å². The second-order valence-electron chi connectivity index (χ2n) is 9.58. The summed E-state index contributed by atoms with van der Waals surface area (Å²) >= 11 is 0. The van der Waals surface area contributed by atoms with Crippen molar-refractivity contribution in [3.63, 3.8) is 0 Å². The number of benzene rings is 4. The number of carbonyl (C=O) groups is 1. The van der Waals surface area contributed by atoms with Crippen LogP contribution in [0, 0.1) is 0 Å². The first-order chi connectivity index (χ1) is 18.2. The highest BCUT2D eigenvalue weighted by Crippen LogP contribution is 2.32. The number of hydrogen-bond acceptors (Lipinski definition) is 3. The summed E-state index contributed by atoms with van der Waals surface area (Å²) in [5.74, 6) is 1.14. The molecule has 0 aromatic heterocycles. The topological polar surface area (TPSA) is 32.8 Å². The minimum Gasteiger partial charge on any atom is -0.497 e. The molecule has 1 unspecified atom stereocenters. The third kappa shape index (κ3) is 5.92. The molecule has 0 radical (unpaired) electrons. The fraction of sp³-hybridized carbons (Fsp3) is 0.242. The molecule has 0 N–H and O–H groups in total. The summed E-state index contributed by atoms with van der Waals surface area (Å²) < 4.78 is 5.38. The van der Waals surface area contributed by atoms with Crippen LogP contribution in [0.25, 0.3) is 0 Å². The largest absolute Gasteiger partial charge is 0.497 e. The van der Waals surface area contributed by atoms with Gasteiger partial charge in [0.2, 0.25) is 5.91 Å². The quantitative estimate of drug-likeness (QED) is 0.297. The highest BCUT2D eigenvalue weighted by Gasteiger charge is 2.29. The van der Waals surface area contributed by atoms with E-state index in [-0.39, 0.29) is 17.9 Å². The molecule has 1 aliphatic rings. The van der Waals surface area contributed by atoms with Gasteiger partial charge in [0, 0.05) is 38.5 Å². The second-order valence-corrected chi connectivity index (χ2v) is 9.58. The summed E-state index contributed by atoms with van der Waals surface area (Å²) in [5, 5.41) is 0. The zero-order chi connectivity index (χ0) is 25.5. The maximum Gasteiger partial charge on any atom is 0.223 e. The summed E-state index contributed by atoms with van der Waals surface area (Å²) in [4.78, 5) is 18.1. The molecule has 1 aliphatic heterocycles. The third-order valence-electron chi connectivity index (χ3n) is 7.36. The van der Waals surface area contributed by atoms with Gasteiger partial charge in [0.1, 0.15) is 5.75 Å². The molecular weight excluding hydrogens is 456 g/mol. The number of piperazine rings is 1. The van der Waals surface area contributed by atoms with E-state index in [2.05, 4.69) is 95.9 Å². The Morgan fingerprint density at radius 2 is 1.11 bits per heavy atom. The van der Waals surface area contributed by atoms with E-state index in [1.807, 2.05) is 29.2 Å². The average molecular weight is 491 g/mol. The highest BCUT2D eigenvalue weighted by atomic mass is 16.5. The van der Waals surface area contributed by atoms with Crippen LogP contribution in [0.3, 0.4) is 0 Å². The smallest absolute Gasteiger partial charge is 0.223 e. The van der Waals surface area contributed by atoms with Gasteiger partial charge in [-0.25, -0.2) is 0 Å². The molecule has 4 aromatic carbocycles. The molecule has 1 atom stereocenters. The molecular formula is C33H34N2O2. The van der Waals surface area contributed by atoms with Gasteiger partial charge < -0.3 is 9.64 Å². The molecule has 188 valence electrons. The van der Waals surface area contributed by atoms with Gasteiger partial charge in [-0.1, -0.05) is 103 Å². The SMILES string of the molecule is COc1ccc(C(c2ccccc2)N2CCN(C(=O)CC(c3ccccc3)c3ccccc3)CC2)cc1. The Bertz CT molecular complexity index is 1210. The third-order valence-corrected chi connectivity index (χ3v) is 7.36. The van der Waals surface area contributed by atoms with E-state index >= 15 is 0 Å². The predicted octanol–water partition coefficient (Wildman–Crippen LogP) is 6.15. The van der Waals surface area contributed by atoms with Gasteiger partial charge in [-0.15, -0.1) is 0 Å². The van der Waals surface area contributed by atoms with Crippen molar-refractivity contribution in [3.8, 4) is 5.75 Å². The number of carbonyl (C=O) groups excluding carboxylic acids is 1. The Morgan fingerprint density at radius 3 is 1.59 bits per heavy atom. The van der Waals surface area contributed by atoms with E-state index in [9.17, 15) is 4.79 Å². The lowest BCUT2D eigenvalue weighted by molar-refractivity contribution is -0.133. The van der Waals surface area contributed by atoms with Gasteiger partial charge in [0.15, 0.2) is 0 Å². The van der Waals surface area contributed by atoms with Crippen molar-refractivity contribution < 1.29 is 9.53 Å². The minimum absolute atomic E-state index is 0.0595. The number of methoxy groups -OCH3 is 1. The zero-order valence-electron chi connectivity index (χ0n) is 21.4. The van der Waals surface area contributed by atoms with E-state index in [0.717, 1.165) is 31.9 Å². The van der Waals surface area contributed by atoms with E-state index in [0.29, 0.717) is 6.42 Å². The molecule has 0 saturated carbocycles. The maximum atomic E-state index is 13.5. The van der Waals surface area contributed by atoms with Crippen molar-refractivity contribution in [1.82, 2.24) is 9.80 Å². The molecule has 4 heteroatoms. The number of ether oxygens (including phenoxy) is 1. The zero-order valence-corrected chi connectivity index (χ0v) is 21.4. The second kappa shape index (κ2) is 11.9. The Balaban J connectivity index is 1.30. The molecule has 1 heterocycles. The number of amides is 1. The highest BCUT2D eigenvalue weighted by molar-refractivity contribution is 5.78. The van der Waals surface area contributed by atoms with Gasteiger partial charge in [-0.3, -0.25) is 9.69 Å². The molecule has 1 fully saturated rings. The van der Waals surface area contributed by atoms with E-state index in [4.69, 9.17) is 4.74 Å². The lowest BCUT2D eigenvalue weighted by atomic mass is 9.88. The summed E-state index contributed by atoms with van der Waals surface area (Å²) in [5.41, 5.74) is 4.87. The summed E-state index contributed by atoms with van der Waals surface area (Å²) in [6.07, 6.45) is 0.481. The van der Waals surface area contributed by atoms with E-state index in [1.54, 1.807) is 7.11 Å². The van der Waals surface area contributed by atoms with Crippen molar-refractivity contribution in [2.45, 2.75) is 18.4 Å². The van der Waals surface area contributed by atoms with Crippen LogP contribution >= 0.6 is 0 Å². The van der Waals surface area contributed by atoms with Crippen molar-refractivity contribution in [2.75, 3.05) is 33.3 Å². The van der Waals surface area contributed by atoms with E-state index in [1.165, 1.54) is 22.3 Å². The number of nitrogens with zero attached hydrogens (tertiary/aromatic N) is 2. The Hall–Kier alpha value is -3.89. The van der Waals surface area contributed by atoms with Crippen LogP contribution in [0.2, 0.25) is 0 Å². The monoisotopic (exact) mass is 490 g/mol. The summed E-state index contributed by atoms with van der Waals surface area (Å²) in [7, 11) is 1.69. The molecule has 1 amide bonds. The fourth-order valence-corrected chi connectivity index (χ4v) is 5.37. The van der Waals surface area contributed by atoms with Crippen LogP contribution in [-0.2, 0) is 4.79 Å². The fourth-order valence-electron chi connectivity index (χ4n) is 5.37. The van der Waals surface area contributed by atoms with Crippen LogP contribution in [0.4, 0.5) is 0 Å². The molecule has 4 aromatic rings. The first kappa shape index (κ1) is 24.8. The van der Waals surface area contributed by atoms with Crippen molar-refractivity contribution >= 4 is 5.91 Å².